The monoisotopic (exact) mass is 390 g/mol. The number of likely N-dealkylation sites (tertiary alicyclic amines) is 1. The van der Waals surface area contributed by atoms with Gasteiger partial charge in [-0.05, 0) is 42.5 Å². The Kier molecular flexibility index (Phi) is 5.55. The van der Waals surface area contributed by atoms with Gasteiger partial charge in [-0.15, -0.1) is 10.2 Å². The molecule has 1 atom stereocenters. The summed E-state index contributed by atoms with van der Waals surface area (Å²) in [6.07, 6.45) is 1.86. The van der Waals surface area contributed by atoms with E-state index in [-0.39, 0.29) is 23.0 Å². The lowest BCUT2D eigenvalue weighted by atomic mass is 9.91. The summed E-state index contributed by atoms with van der Waals surface area (Å²) in [7, 11) is 0. The van der Waals surface area contributed by atoms with Crippen LogP contribution in [0.5, 0.6) is 0 Å². The van der Waals surface area contributed by atoms with E-state index < -0.39 is 6.04 Å². The van der Waals surface area contributed by atoms with Gasteiger partial charge in [-0.3, -0.25) is 14.9 Å². The van der Waals surface area contributed by atoms with E-state index in [0.29, 0.717) is 29.5 Å². The summed E-state index contributed by atoms with van der Waals surface area (Å²) in [6, 6.07) is 5.47. The molecule has 1 aliphatic heterocycles. The molecule has 3 rings (SSSR count). The molecule has 0 spiro atoms. The number of nitrogens with zero attached hydrogens (tertiary/aromatic N) is 3. The predicted octanol–water partition coefficient (Wildman–Crippen LogP) is 3.71. The molecule has 1 N–H and O–H groups in total. The zero-order chi connectivity index (χ0) is 19.6. The van der Waals surface area contributed by atoms with Crippen LogP contribution in [0.25, 0.3) is 10.6 Å². The standard InChI is InChI=1S/C19H23FN4O2S/c1-19(2,3)11-15(25)24-10-4-5-14(24)16(26)21-18-23-22-17(27-18)12-6-8-13(20)9-7-12/h6-9,14H,4-5,10-11H2,1-3H3,(H,21,23,26)/t14-/m1/s1. The van der Waals surface area contributed by atoms with Crippen LogP contribution in [0.1, 0.15) is 40.0 Å². The smallest absolute Gasteiger partial charge is 0.249 e. The maximum Gasteiger partial charge on any atom is 0.249 e. The lowest BCUT2D eigenvalue weighted by Gasteiger charge is -2.27. The summed E-state index contributed by atoms with van der Waals surface area (Å²) >= 11 is 1.22. The van der Waals surface area contributed by atoms with Gasteiger partial charge in [0.25, 0.3) is 0 Å². The number of anilines is 1. The van der Waals surface area contributed by atoms with Crippen LogP contribution in [0.3, 0.4) is 0 Å². The third kappa shape index (κ3) is 4.88. The van der Waals surface area contributed by atoms with E-state index in [1.54, 1.807) is 17.0 Å². The quantitative estimate of drug-likeness (QED) is 0.864. The summed E-state index contributed by atoms with van der Waals surface area (Å²) in [4.78, 5) is 26.9. The average molecular weight is 390 g/mol. The second-order valence-corrected chi connectivity index (χ2v) is 8.87. The van der Waals surface area contributed by atoms with Crippen LogP contribution in [0.2, 0.25) is 0 Å². The van der Waals surface area contributed by atoms with Gasteiger partial charge in [-0.2, -0.15) is 0 Å². The Hall–Kier alpha value is -2.35. The maximum atomic E-state index is 13.0. The van der Waals surface area contributed by atoms with Gasteiger partial charge in [-0.1, -0.05) is 32.1 Å². The van der Waals surface area contributed by atoms with E-state index in [2.05, 4.69) is 15.5 Å². The first-order chi connectivity index (χ1) is 12.7. The number of amides is 2. The lowest BCUT2D eigenvalue weighted by Crippen LogP contribution is -2.44. The van der Waals surface area contributed by atoms with Gasteiger partial charge in [0.15, 0.2) is 0 Å². The minimum Gasteiger partial charge on any atom is -0.331 e. The van der Waals surface area contributed by atoms with Gasteiger partial charge in [-0.25, -0.2) is 4.39 Å². The molecule has 0 bridgehead atoms. The molecule has 0 radical (unpaired) electrons. The molecule has 6 nitrogen and oxygen atoms in total. The van der Waals surface area contributed by atoms with Crippen molar-refractivity contribution >= 4 is 28.3 Å². The Morgan fingerprint density at radius 1 is 1.26 bits per heavy atom. The maximum absolute atomic E-state index is 13.0. The Labute approximate surface area is 161 Å². The number of carbonyl (C=O) groups excluding carboxylic acids is 2. The molecule has 1 fully saturated rings. The lowest BCUT2D eigenvalue weighted by molar-refractivity contribution is -0.138. The minimum absolute atomic E-state index is 0.00409. The minimum atomic E-state index is -0.474. The first-order valence-electron chi connectivity index (χ1n) is 8.93. The number of hydrogen-bond acceptors (Lipinski definition) is 5. The Morgan fingerprint density at radius 3 is 2.63 bits per heavy atom. The van der Waals surface area contributed by atoms with Gasteiger partial charge in [0.05, 0.1) is 0 Å². The Morgan fingerprint density at radius 2 is 1.96 bits per heavy atom. The number of aromatic nitrogens is 2. The van der Waals surface area contributed by atoms with Crippen LogP contribution in [0.4, 0.5) is 9.52 Å². The Balaban J connectivity index is 1.66. The Bertz CT molecular complexity index is 829. The largest absolute Gasteiger partial charge is 0.331 e. The molecule has 1 aliphatic rings. The molecule has 144 valence electrons. The highest BCUT2D eigenvalue weighted by Gasteiger charge is 2.35. The zero-order valence-electron chi connectivity index (χ0n) is 15.7. The second kappa shape index (κ2) is 7.72. The molecule has 2 heterocycles. The molecular formula is C19H23FN4O2S. The molecule has 0 saturated carbocycles. The fourth-order valence-electron chi connectivity index (χ4n) is 3.06. The van der Waals surface area contributed by atoms with Gasteiger partial charge in [0.2, 0.25) is 16.9 Å². The van der Waals surface area contributed by atoms with E-state index in [1.165, 1.54) is 23.5 Å². The van der Waals surface area contributed by atoms with E-state index in [9.17, 15) is 14.0 Å². The summed E-state index contributed by atoms with van der Waals surface area (Å²) in [5, 5.41) is 11.8. The van der Waals surface area contributed by atoms with E-state index in [0.717, 1.165) is 12.0 Å². The van der Waals surface area contributed by atoms with Crippen LogP contribution in [0.15, 0.2) is 24.3 Å². The summed E-state index contributed by atoms with van der Waals surface area (Å²) in [5.74, 6) is -0.556. The fourth-order valence-corrected chi connectivity index (χ4v) is 3.82. The van der Waals surface area contributed by atoms with Crippen LogP contribution in [-0.4, -0.2) is 39.5 Å². The van der Waals surface area contributed by atoms with Gasteiger partial charge in [0, 0.05) is 18.5 Å². The topological polar surface area (TPSA) is 75.2 Å². The number of rotatable bonds is 4. The SMILES string of the molecule is CC(C)(C)CC(=O)N1CCC[C@@H]1C(=O)Nc1nnc(-c2ccc(F)cc2)s1. The van der Waals surface area contributed by atoms with Gasteiger partial charge < -0.3 is 4.90 Å². The van der Waals surface area contributed by atoms with E-state index in [4.69, 9.17) is 0 Å². The molecule has 0 unspecified atom stereocenters. The van der Waals surface area contributed by atoms with Crippen LogP contribution >= 0.6 is 11.3 Å². The molecule has 1 aromatic heterocycles. The summed E-state index contributed by atoms with van der Waals surface area (Å²) < 4.78 is 13.0. The van der Waals surface area contributed by atoms with Gasteiger partial charge in [0.1, 0.15) is 16.9 Å². The third-order valence-electron chi connectivity index (χ3n) is 4.30. The van der Waals surface area contributed by atoms with Crippen molar-refractivity contribution in [3.05, 3.63) is 30.1 Å². The highest BCUT2D eigenvalue weighted by molar-refractivity contribution is 7.18. The normalized spacial score (nSPS) is 17.2. The zero-order valence-corrected chi connectivity index (χ0v) is 16.5. The van der Waals surface area contributed by atoms with Crippen molar-refractivity contribution in [1.29, 1.82) is 0 Å². The van der Waals surface area contributed by atoms with Crippen molar-refractivity contribution in [2.75, 3.05) is 11.9 Å². The molecular weight excluding hydrogens is 367 g/mol. The van der Waals surface area contributed by atoms with Crippen molar-refractivity contribution in [2.45, 2.75) is 46.1 Å². The van der Waals surface area contributed by atoms with Crippen LogP contribution < -0.4 is 5.32 Å². The predicted molar refractivity (Wildman–Crippen MR) is 103 cm³/mol. The molecule has 2 aromatic rings. The molecule has 1 saturated heterocycles. The van der Waals surface area contributed by atoms with Crippen molar-refractivity contribution in [3.63, 3.8) is 0 Å². The number of nitrogens with one attached hydrogen (secondary N) is 1. The summed E-state index contributed by atoms with van der Waals surface area (Å²) in [6.45, 7) is 6.63. The first-order valence-corrected chi connectivity index (χ1v) is 9.74. The number of carbonyl (C=O) groups is 2. The van der Waals surface area contributed by atoms with Crippen molar-refractivity contribution in [3.8, 4) is 10.6 Å². The van der Waals surface area contributed by atoms with E-state index >= 15 is 0 Å². The average Bonchev–Trinajstić information content (AvgIpc) is 3.23. The van der Waals surface area contributed by atoms with Gasteiger partial charge >= 0.3 is 0 Å². The molecule has 2 amide bonds. The highest BCUT2D eigenvalue weighted by Crippen LogP contribution is 2.28. The number of benzene rings is 1. The number of halogens is 1. The highest BCUT2D eigenvalue weighted by atomic mass is 32.1. The van der Waals surface area contributed by atoms with E-state index in [1.807, 2.05) is 20.8 Å². The van der Waals surface area contributed by atoms with Crippen molar-refractivity contribution < 1.29 is 14.0 Å². The summed E-state index contributed by atoms with van der Waals surface area (Å²) in [5.41, 5.74) is 0.613. The molecule has 0 aliphatic carbocycles. The second-order valence-electron chi connectivity index (χ2n) is 7.89. The van der Waals surface area contributed by atoms with Crippen LogP contribution in [0, 0.1) is 11.2 Å². The molecule has 8 heteroatoms. The van der Waals surface area contributed by atoms with Crippen LogP contribution in [-0.2, 0) is 9.59 Å². The fraction of sp³-hybridized carbons (Fsp3) is 0.474. The molecule has 27 heavy (non-hydrogen) atoms. The molecule has 1 aromatic carbocycles. The number of hydrogen-bond donors (Lipinski definition) is 1. The third-order valence-corrected chi connectivity index (χ3v) is 5.19. The van der Waals surface area contributed by atoms with Crippen molar-refractivity contribution in [1.82, 2.24) is 15.1 Å². The first kappa shape index (κ1) is 19.4. The van der Waals surface area contributed by atoms with Crippen molar-refractivity contribution in [2.24, 2.45) is 5.41 Å².